The van der Waals surface area contributed by atoms with E-state index in [1.165, 1.54) is 0 Å². The van der Waals surface area contributed by atoms with E-state index in [0.717, 1.165) is 38.6 Å². The summed E-state index contributed by atoms with van der Waals surface area (Å²) in [5.41, 5.74) is 4.58. The zero-order valence-corrected chi connectivity index (χ0v) is 18.1. The third-order valence-corrected chi connectivity index (χ3v) is 5.48. The first-order chi connectivity index (χ1) is 13.4. The highest BCUT2D eigenvalue weighted by molar-refractivity contribution is 9.10. The number of halogens is 1. The number of carbonyl (C=O) groups is 1. The number of amides is 1. The summed E-state index contributed by atoms with van der Waals surface area (Å²) in [6.45, 7) is 6.97. The summed E-state index contributed by atoms with van der Waals surface area (Å²) < 4.78 is 9.94. The van der Waals surface area contributed by atoms with Gasteiger partial charge in [-0.05, 0) is 54.4 Å². The van der Waals surface area contributed by atoms with Crippen LogP contribution in [-0.4, -0.2) is 32.6 Å². The van der Waals surface area contributed by atoms with E-state index in [0.29, 0.717) is 19.5 Å². The van der Waals surface area contributed by atoms with Crippen LogP contribution in [0.2, 0.25) is 0 Å². The van der Waals surface area contributed by atoms with E-state index in [1.54, 1.807) is 13.3 Å². The average Bonchev–Trinajstić information content (AvgIpc) is 3.14. The summed E-state index contributed by atoms with van der Waals surface area (Å²) in [4.78, 5) is 12.4. The Hall–Kier alpha value is -2.61. The van der Waals surface area contributed by atoms with Crippen molar-refractivity contribution in [1.29, 1.82) is 0 Å². The lowest BCUT2D eigenvalue weighted by Crippen LogP contribution is -2.16. The minimum atomic E-state index is -0.0573. The Balaban J connectivity index is 1.67. The fourth-order valence-electron chi connectivity index (χ4n) is 3.03. The largest absolute Gasteiger partial charge is 0.497 e. The second-order valence-corrected chi connectivity index (χ2v) is 7.51. The van der Waals surface area contributed by atoms with Gasteiger partial charge in [0.2, 0.25) is 5.91 Å². The van der Waals surface area contributed by atoms with Gasteiger partial charge in [0.15, 0.2) is 0 Å². The van der Waals surface area contributed by atoms with Crippen molar-refractivity contribution in [1.82, 2.24) is 19.6 Å². The number of ether oxygens (including phenoxy) is 1. The molecule has 3 rings (SSSR count). The summed E-state index contributed by atoms with van der Waals surface area (Å²) in [6.07, 6.45) is 2.08. The maximum atomic E-state index is 12.4. The zero-order valence-electron chi connectivity index (χ0n) is 16.5. The number of hydrogen-bond donors (Lipinski definition) is 1. The van der Waals surface area contributed by atoms with E-state index in [2.05, 4.69) is 31.4 Å². The molecule has 1 amide bonds. The molecule has 0 unspecified atom stereocenters. The van der Waals surface area contributed by atoms with Crippen molar-refractivity contribution in [2.45, 2.75) is 40.3 Å². The zero-order chi connectivity index (χ0) is 20.3. The molecule has 0 radical (unpaired) electrons. The Morgan fingerprint density at radius 1 is 1.21 bits per heavy atom. The standard InChI is InChI=1S/C20H24BrN5O2/c1-13-20(23-19(27)8-9-25-14(2)18(21)11-22-25)15(3)26(24-13)12-16-6-5-7-17(10-16)28-4/h5-7,10-11H,8-9,12H2,1-4H3,(H,23,27). The number of hydrogen-bond acceptors (Lipinski definition) is 4. The summed E-state index contributed by atoms with van der Waals surface area (Å²) in [5.74, 6) is 0.756. The fourth-order valence-corrected chi connectivity index (χ4v) is 3.33. The molecule has 0 saturated heterocycles. The molecule has 2 aromatic heterocycles. The number of nitrogens with zero attached hydrogens (tertiary/aromatic N) is 4. The van der Waals surface area contributed by atoms with Crippen LogP contribution in [0.3, 0.4) is 0 Å². The molecule has 2 heterocycles. The number of rotatable bonds is 7. The lowest BCUT2D eigenvalue weighted by molar-refractivity contribution is -0.116. The third kappa shape index (κ3) is 4.44. The van der Waals surface area contributed by atoms with Crippen LogP contribution in [0.5, 0.6) is 5.75 Å². The van der Waals surface area contributed by atoms with E-state index in [-0.39, 0.29) is 5.91 Å². The first-order valence-corrected chi connectivity index (χ1v) is 9.83. The van der Waals surface area contributed by atoms with Crippen molar-refractivity contribution in [3.63, 3.8) is 0 Å². The molecule has 8 heteroatoms. The van der Waals surface area contributed by atoms with Gasteiger partial charge in [0, 0.05) is 12.1 Å². The molecule has 0 saturated carbocycles. The molecule has 28 heavy (non-hydrogen) atoms. The molecular weight excluding hydrogens is 422 g/mol. The Labute approximate surface area is 172 Å². The van der Waals surface area contributed by atoms with Crippen molar-refractivity contribution >= 4 is 27.5 Å². The lowest BCUT2D eigenvalue weighted by Gasteiger charge is -2.09. The van der Waals surface area contributed by atoms with Gasteiger partial charge in [-0.2, -0.15) is 10.2 Å². The minimum Gasteiger partial charge on any atom is -0.497 e. The molecule has 148 valence electrons. The highest BCUT2D eigenvalue weighted by Gasteiger charge is 2.15. The van der Waals surface area contributed by atoms with Crippen LogP contribution >= 0.6 is 15.9 Å². The molecule has 3 aromatic rings. The van der Waals surface area contributed by atoms with E-state index >= 15 is 0 Å². The molecule has 0 spiro atoms. The molecule has 0 aliphatic heterocycles. The van der Waals surface area contributed by atoms with Crippen molar-refractivity contribution < 1.29 is 9.53 Å². The SMILES string of the molecule is COc1cccc(Cn2nc(C)c(NC(=O)CCn3ncc(Br)c3C)c2C)c1. The van der Waals surface area contributed by atoms with Crippen LogP contribution in [0, 0.1) is 20.8 Å². The number of nitrogens with one attached hydrogen (secondary N) is 1. The first-order valence-electron chi connectivity index (χ1n) is 9.03. The highest BCUT2D eigenvalue weighted by atomic mass is 79.9. The quantitative estimate of drug-likeness (QED) is 0.599. The maximum Gasteiger partial charge on any atom is 0.226 e. The van der Waals surface area contributed by atoms with Gasteiger partial charge in [-0.1, -0.05) is 12.1 Å². The smallest absolute Gasteiger partial charge is 0.226 e. The van der Waals surface area contributed by atoms with Crippen LogP contribution in [0.4, 0.5) is 5.69 Å². The molecule has 0 bridgehead atoms. The summed E-state index contributed by atoms with van der Waals surface area (Å²) in [5, 5.41) is 11.8. The summed E-state index contributed by atoms with van der Waals surface area (Å²) in [7, 11) is 1.65. The molecule has 0 atom stereocenters. The normalized spacial score (nSPS) is 10.9. The second kappa shape index (κ2) is 8.60. The van der Waals surface area contributed by atoms with Crippen LogP contribution < -0.4 is 10.1 Å². The Bertz CT molecular complexity index is 993. The number of anilines is 1. The molecule has 1 N–H and O–H groups in total. The van der Waals surface area contributed by atoms with Crippen LogP contribution in [0.15, 0.2) is 34.9 Å². The van der Waals surface area contributed by atoms with Crippen LogP contribution in [0.1, 0.15) is 29.1 Å². The predicted octanol–water partition coefficient (Wildman–Crippen LogP) is 3.85. The van der Waals surface area contributed by atoms with Gasteiger partial charge in [0.1, 0.15) is 5.75 Å². The van der Waals surface area contributed by atoms with Gasteiger partial charge >= 0.3 is 0 Å². The van der Waals surface area contributed by atoms with Crippen LogP contribution in [-0.2, 0) is 17.9 Å². The topological polar surface area (TPSA) is 74.0 Å². The summed E-state index contributed by atoms with van der Waals surface area (Å²) in [6, 6.07) is 7.88. The molecule has 1 aromatic carbocycles. The number of aryl methyl sites for hydroxylation is 2. The molecular formula is C20H24BrN5O2. The molecule has 0 aliphatic carbocycles. The average molecular weight is 446 g/mol. The van der Waals surface area contributed by atoms with Crippen LogP contribution in [0.25, 0.3) is 0 Å². The van der Waals surface area contributed by atoms with Gasteiger partial charge < -0.3 is 10.1 Å². The van der Waals surface area contributed by atoms with Gasteiger partial charge in [0.05, 0.1) is 47.9 Å². The van der Waals surface area contributed by atoms with E-state index < -0.39 is 0 Å². The van der Waals surface area contributed by atoms with Crippen molar-refractivity contribution in [3.05, 3.63) is 57.6 Å². The summed E-state index contributed by atoms with van der Waals surface area (Å²) >= 11 is 3.43. The third-order valence-electron chi connectivity index (χ3n) is 4.71. The molecule has 0 fully saturated rings. The van der Waals surface area contributed by atoms with Gasteiger partial charge in [0.25, 0.3) is 0 Å². The number of methoxy groups -OCH3 is 1. The fraction of sp³-hybridized carbons (Fsp3) is 0.350. The first kappa shape index (κ1) is 20.1. The van der Waals surface area contributed by atoms with Gasteiger partial charge in [-0.25, -0.2) is 0 Å². The minimum absolute atomic E-state index is 0.0573. The van der Waals surface area contributed by atoms with Gasteiger partial charge in [-0.15, -0.1) is 0 Å². The Morgan fingerprint density at radius 3 is 2.68 bits per heavy atom. The van der Waals surface area contributed by atoms with E-state index in [4.69, 9.17) is 4.74 Å². The monoisotopic (exact) mass is 445 g/mol. The number of aromatic nitrogens is 4. The lowest BCUT2D eigenvalue weighted by atomic mass is 10.2. The second-order valence-electron chi connectivity index (χ2n) is 6.65. The van der Waals surface area contributed by atoms with E-state index in [9.17, 15) is 4.79 Å². The van der Waals surface area contributed by atoms with Crippen molar-refractivity contribution in [2.75, 3.05) is 12.4 Å². The van der Waals surface area contributed by atoms with Gasteiger partial charge in [-0.3, -0.25) is 14.2 Å². The predicted molar refractivity (Wildman–Crippen MR) is 112 cm³/mol. The van der Waals surface area contributed by atoms with Crippen molar-refractivity contribution in [2.24, 2.45) is 0 Å². The Morgan fingerprint density at radius 2 is 2.00 bits per heavy atom. The molecule has 0 aliphatic rings. The Kier molecular flexibility index (Phi) is 6.18. The van der Waals surface area contributed by atoms with E-state index in [1.807, 2.05) is 54.4 Å². The number of carbonyl (C=O) groups excluding carboxylic acids is 1. The molecule has 7 nitrogen and oxygen atoms in total. The van der Waals surface area contributed by atoms with Crippen molar-refractivity contribution in [3.8, 4) is 5.75 Å². The maximum absolute atomic E-state index is 12.4. The highest BCUT2D eigenvalue weighted by Crippen LogP contribution is 2.22. The number of benzene rings is 1.